The molecule has 9 rings (SSSR count). The maximum Gasteiger partial charge on any atom is 0.407 e. The highest BCUT2D eigenvalue weighted by Crippen LogP contribution is 2.65. The first kappa shape index (κ1) is 63.6. The highest BCUT2D eigenvalue weighted by atomic mass is 16.6. The number of hydrogen-bond acceptors (Lipinski definition) is 20. The number of carbonyl (C=O) groups excluding carboxylic acids is 7. The lowest BCUT2D eigenvalue weighted by Crippen LogP contribution is -2.82. The Labute approximate surface area is 500 Å². The maximum atomic E-state index is 16.4. The van der Waals surface area contributed by atoms with Crippen LogP contribution in [0.1, 0.15) is 124 Å². The Morgan fingerprint density at radius 2 is 1.45 bits per heavy atom. The van der Waals surface area contributed by atoms with Crippen molar-refractivity contribution >= 4 is 41.7 Å². The van der Waals surface area contributed by atoms with Crippen molar-refractivity contribution in [2.45, 2.75) is 166 Å². The number of nitrogens with one attached hydrogen (secondary N) is 2. The molecule has 1 aromatic heterocycles. The summed E-state index contributed by atoms with van der Waals surface area (Å²) in [5.74, 6) is -7.45. The Bertz CT molecular complexity index is 3420. The molecule has 0 radical (unpaired) electrons. The lowest BCUT2D eigenvalue weighted by molar-refractivity contribution is -0.345. The van der Waals surface area contributed by atoms with Crippen LogP contribution in [0.15, 0.2) is 118 Å². The van der Waals surface area contributed by atoms with Crippen LogP contribution >= 0.6 is 0 Å². The van der Waals surface area contributed by atoms with Crippen molar-refractivity contribution < 1.29 is 87.1 Å². The highest BCUT2D eigenvalue weighted by Gasteiger charge is 2.79. The molecule has 2 unspecified atom stereocenters. The third-order valence-corrected chi connectivity index (χ3v) is 18.1. The fourth-order valence-corrected chi connectivity index (χ4v) is 13.5. The van der Waals surface area contributed by atoms with Crippen LogP contribution in [0.2, 0.25) is 0 Å². The molecule has 14 atom stereocenters. The molecule has 4 fully saturated rings. The Kier molecular flexibility index (Phi) is 18.6. The summed E-state index contributed by atoms with van der Waals surface area (Å²) in [6.07, 6.45) is -12.9. The number of rotatable bonds is 19. The van der Waals surface area contributed by atoms with Crippen LogP contribution in [-0.2, 0) is 58.9 Å². The largest absolute Gasteiger partial charge is 0.456 e. The minimum atomic E-state index is -2.54. The summed E-state index contributed by atoms with van der Waals surface area (Å²) in [5.41, 5.74) is -8.94. The van der Waals surface area contributed by atoms with Gasteiger partial charge in [0.05, 0.1) is 42.3 Å². The standard InChI is InChI=1S/C63H74N4O20/c1-34-31-67(46-28-41(71)43(32-68)83-46)59(79)66(55(34)75)27-19-11-18-26-64-58(78)85-44-29-45-62(33-81-45,87-37(4)70)51-53(86-56(76)40-24-16-10-17-25-40)63(80)30-42(35(2)47(60(63,5)6)50(82-36(3)69)52(73)61(44,51)7)84-57(77)49(72)48(38-20-12-8-13-21-38)65-54(74)39-22-14-9-15-23-39/h8-10,12-17,20-25,31,41-46,48-51,53,68,71-72,80H,11,18-19,26-30,32-33H2,1-7H3,(H,64,78)(H,65,74)/t41?,42-,43-,44-,45+,46-,48-,49+,50+,51-,53-,61?,62-,63+/m0/s1. The maximum absolute atomic E-state index is 16.4. The minimum Gasteiger partial charge on any atom is -0.456 e. The van der Waals surface area contributed by atoms with Crippen molar-refractivity contribution in [3.8, 4) is 0 Å². The zero-order valence-corrected chi connectivity index (χ0v) is 49.4. The van der Waals surface area contributed by atoms with Gasteiger partial charge in [0.1, 0.15) is 42.3 Å². The van der Waals surface area contributed by atoms with Crippen LogP contribution < -0.4 is 21.9 Å². The number of ketones is 1. The van der Waals surface area contributed by atoms with Gasteiger partial charge in [-0.1, -0.05) is 80.6 Å². The predicted octanol–water partition coefficient (Wildman–Crippen LogP) is 3.61. The number of nitrogens with zero attached hydrogens (tertiary/aromatic N) is 2. The van der Waals surface area contributed by atoms with E-state index >= 15 is 4.79 Å². The Hall–Kier alpha value is -7.87. The van der Waals surface area contributed by atoms with E-state index in [9.17, 15) is 58.8 Å². The Morgan fingerprint density at radius 3 is 2.05 bits per heavy atom. The van der Waals surface area contributed by atoms with E-state index in [0.29, 0.717) is 24.8 Å². The third-order valence-electron chi connectivity index (χ3n) is 18.1. The van der Waals surface area contributed by atoms with Gasteiger partial charge in [0.2, 0.25) is 0 Å². The Morgan fingerprint density at radius 1 is 0.805 bits per heavy atom. The number of esters is 4. The summed E-state index contributed by atoms with van der Waals surface area (Å²) in [6, 6.07) is 22.5. The molecule has 2 saturated carbocycles. The summed E-state index contributed by atoms with van der Waals surface area (Å²) < 4.78 is 45.4. The Balaban J connectivity index is 1.05. The second-order valence-corrected chi connectivity index (χ2v) is 23.8. The van der Waals surface area contributed by atoms with Crippen LogP contribution in [0.5, 0.6) is 0 Å². The zero-order valence-electron chi connectivity index (χ0n) is 49.4. The molecule has 2 bridgehead atoms. The summed E-state index contributed by atoms with van der Waals surface area (Å²) >= 11 is 0. The first-order valence-corrected chi connectivity index (χ1v) is 29.0. The van der Waals surface area contributed by atoms with Gasteiger partial charge in [0.15, 0.2) is 23.6 Å². The smallest absolute Gasteiger partial charge is 0.407 e. The second kappa shape index (κ2) is 25.5. The van der Waals surface area contributed by atoms with Crippen LogP contribution in [0.4, 0.5) is 4.79 Å². The minimum absolute atomic E-state index is 0.00419. The average Bonchev–Trinajstić information content (AvgIpc) is 0.907. The van der Waals surface area contributed by atoms with Crippen molar-refractivity contribution in [1.82, 2.24) is 19.8 Å². The number of carbonyl (C=O) groups is 7. The van der Waals surface area contributed by atoms with E-state index in [-0.39, 0.29) is 53.8 Å². The quantitative estimate of drug-likeness (QED) is 0.0338. The molecule has 4 aromatic rings. The van der Waals surface area contributed by atoms with Crippen molar-refractivity contribution in [2.24, 2.45) is 16.7 Å². The van der Waals surface area contributed by atoms with Crippen molar-refractivity contribution in [3.63, 3.8) is 0 Å². The summed E-state index contributed by atoms with van der Waals surface area (Å²) in [7, 11) is 0. The number of Topliss-reactive ketones (excluding diaryl/α,β-unsaturated/α-hetero) is 1. The molecule has 2 amide bonds. The number of aliphatic hydroxyl groups is 4. The first-order valence-electron chi connectivity index (χ1n) is 29.0. The fraction of sp³-hybridized carbons (Fsp3) is 0.508. The molecule has 3 heterocycles. The molecule has 2 saturated heterocycles. The lowest BCUT2D eigenvalue weighted by Gasteiger charge is -2.67. The van der Waals surface area contributed by atoms with E-state index < -0.39 is 162 Å². The van der Waals surface area contributed by atoms with Gasteiger partial charge in [-0.25, -0.2) is 19.2 Å². The SMILES string of the molecule is CC(=O)O[C@H]1C(=O)C2(C)[C@@H](OC(=O)NCCCCCn3c(=O)c(C)cn([C@@H]4CC(O)[C@H](CO)O4)c3=O)C[C@H]3OC[C@@]3(OC(C)=O)[C@H]2[C@H](OC(=O)c2ccccc2)[C@]2(O)C[C@H](OC(=O)[C@H](O)[C@@H](NC(=O)c3ccccc3)c3ccccc3)C(C)=C1C2(C)C. The van der Waals surface area contributed by atoms with E-state index in [4.69, 9.17) is 33.2 Å². The molecule has 3 aliphatic carbocycles. The van der Waals surface area contributed by atoms with Gasteiger partial charge in [-0.3, -0.25) is 33.1 Å². The molecule has 2 aliphatic heterocycles. The zero-order chi connectivity index (χ0) is 62.9. The number of benzene rings is 3. The van der Waals surface area contributed by atoms with Crippen LogP contribution in [0.25, 0.3) is 0 Å². The number of alkyl carbamates (subject to hydrolysis) is 1. The second-order valence-electron chi connectivity index (χ2n) is 23.8. The number of aryl methyl sites for hydroxylation is 1. The molecule has 24 nitrogen and oxygen atoms in total. The van der Waals surface area contributed by atoms with E-state index in [0.717, 1.165) is 18.4 Å². The van der Waals surface area contributed by atoms with Gasteiger partial charge in [-0.15, -0.1) is 0 Å². The molecule has 24 heteroatoms. The number of amides is 2. The number of ether oxygens (including phenoxy) is 7. The monoisotopic (exact) mass is 1210 g/mol. The van der Waals surface area contributed by atoms with Gasteiger partial charge in [-0.2, -0.15) is 0 Å². The molecule has 3 aromatic carbocycles. The van der Waals surface area contributed by atoms with E-state index in [1.165, 1.54) is 57.5 Å². The fourth-order valence-electron chi connectivity index (χ4n) is 13.5. The summed E-state index contributed by atoms with van der Waals surface area (Å²) in [6.45, 7) is 8.71. The number of unbranched alkanes of at least 4 members (excludes halogenated alkanes) is 2. The predicted molar refractivity (Wildman–Crippen MR) is 305 cm³/mol. The first-order chi connectivity index (χ1) is 41.3. The molecule has 6 N–H and O–H groups in total. The average molecular weight is 1210 g/mol. The highest BCUT2D eigenvalue weighted by molar-refractivity contribution is 5.96. The third kappa shape index (κ3) is 12.0. The van der Waals surface area contributed by atoms with Gasteiger partial charge < -0.3 is 64.2 Å². The molecular formula is C63H74N4O20. The molecular weight excluding hydrogens is 1130 g/mol. The number of hydrogen-bond donors (Lipinski definition) is 6. The van der Waals surface area contributed by atoms with Gasteiger partial charge in [0, 0.05) is 68.9 Å². The molecule has 87 heavy (non-hydrogen) atoms. The van der Waals surface area contributed by atoms with E-state index in [1.54, 1.807) is 78.9 Å². The van der Waals surface area contributed by atoms with Crippen LogP contribution in [0, 0.1) is 23.7 Å². The van der Waals surface area contributed by atoms with Gasteiger partial charge in [-0.05, 0) is 81.0 Å². The molecule has 466 valence electrons. The van der Waals surface area contributed by atoms with Crippen LogP contribution in [0.3, 0.4) is 0 Å². The van der Waals surface area contributed by atoms with Crippen molar-refractivity contribution in [1.29, 1.82) is 0 Å². The normalized spacial score (nSPS) is 29.5. The summed E-state index contributed by atoms with van der Waals surface area (Å²) in [4.78, 5) is 127. The van der Waals surface area contributed by atoms with Crippen molar-refractivity contribution in [3.05, 3.63) is 151 Å². The van der Waals surface area contributed by atoms with Gasteiger partial charge in [0.25, 0.3) is 11.5 Å². The molecule has 0 spiro atoms. The van der Waals surface area contributed by atoms with E-state index in [2.05, 4.69) is 10.6 Å². The number of fused-ring (bicyclic) bond motifs is 5. The summed E-state index contributed by atoms with van der Waals surface area (Å²) in [5, 5.41) is 51.5. The van der Waals surface area contributed by atoms with Gasteiger partial charge >= 0.3 is 35.7 Å². The van der Waals surface area contributed by atoms with Crippen LogP contribution in [-0.4, -0.2) is 151 Å². The molecule has 5 aliphatic rings. The van der Waals surface area contributed by atoms with E-state index in [1.807, 2.05) is 0 Å². The topological polar surface area (TPSA) is 333 Å². The van der Waals surface area contributed by atoms with Crippen molar-refractivity contribution in [2.75, 3.05) is 19.8 Å². The number of aromatic nitrogens is 2. The lowest BCUT2D eigenvalue weighted by atomic mass is 9.44. The number of aliphatic hydroxyl groups excluding tert-OH is 3.